The van der Waals surface area contributed by atoms with Gasteiger partial charge < -0.3 is 39.5 Å². The number of nitrogens with two attached hydrogens (primary N) is 1. The number of esters is 5. The highest BCUT2D eigenvalue weighted by atomic mass is 16.7. The molecule has 1 rings (SSSR count). The van der Waals surface area contributed by atoms with Crippen molar-refractivity contribution in [3.63, 3.8) is 0 Å². The molecule has 0 unspecified atom stereocenters. The lowest BCUT2D eigenvalue weighted by molar-refractivity contribution is -0.257. The quantitative estimate of drug-likeness (QED) is 0.286. The fourth-order valence-corrected chi connectivity index (χ4v) is 3.22. The van der Waals surface area contributed by atoms with Gasteiger partial charge in [-0.05, 0) is 20.8 Å². The largest absolute Gasteiger partial charge is 0.463 e. The Balaban J connectivity index is 3.24. The minimum atomic E-state index is -1.48. The molecule has 0 saturated carbocycles. The van der Waals surface area contributed by atoms with Crippen LogP contribution in [0.15, 0.2) is 0 Å². The van der Waals surface area contributed by atoms with E-state index >= 15 is 0 Å². The Morgan fingerprint density at radius 3 is 1.81 bits per heavy atom. The van der Waals surface area contributed by atoms with E-state index in [0.29, 0.717) is 0 Å². The van der Waals surface area contributed by atoms with Crippen molar-refractivity contribution in [2.45, 2.75) is 97.2 Å². The summed E-state index contributed by atoms with van der Waals surface area (Å²) in [7, 11) is 0. The monoisotopic (exact) mass is 518 g/mol. The molecule has 3 N–H and O–H groups in total. The van der Waals surface area contributed by atoms with Crippen LogP contribution in [0.25, 0.3) is 0 Å². The smallest absolute Gasteiger partial charge is 0.323 e. The Kier molecular flexibility index (Phi) is 11.2. The second kappa shape index (κ2) is 13.2. The second-order valence-electron chi connectivity index (χ2n) is 9.03. The van der Waals surface area contributed by atoms with Crippen molar-refractivity contribution >= 4 is 35.8 Å². The van der Waals surface area contributed by atoms with E-state index in [1.807, 2.05) is 0 Å². The maximum atomic E-state index is 12.7. The molecule has 0 aromatic rings. The average molecular weight is 519 g/mol. The molecule has 0 radical (unpaired) electrons. The van der Waals surface area contributed by atoms with E-state index in [0.717, 1.165) is 27.7 Å². The highest BCUT2D eigenvalue weighted by Gasteiger charge is 2.52. The van der Waals surface area contributed by atoms with E-state index < -0.39 is 91.1 Å². The minimum Gasteiger partial charge on any atom is -0.463 e. The van der Waals surface area contributed by atoms with Gasteiger partial charge in [0.2, 0.25) is 5.91 Å². The van der Waals surface area contributed by atoms with Crippen molar-refractivity contribution in [3.8, 4) is 0 Å². The number of hydrogen-bond acceptors (Lipinski definition) is 13. The molecule has 1 aliphatic rings. The van der Waals surface area contributed by atoms with Crippen molar-refractivity contribution in [1.29, 1.82) is 0 Å². The lowest BCUT2D eigenvalue weighted by Gasteiger charge is -2.44. The van der Waals surface area contributed by atoms with Crippen LogP contribution in [0.4, 0.5) is 0 Å². The SMILES string of the molecule is CC(=O)OC[C@H]1O[C@@H](NC(=O)C[C@H](N)C(=O)OC(C)(C)C)[C@H](OC(C)=O)[C@@H](OC(C)=O)[C@@H]1OC(C)=O. The third kappa shape index (κ3) is 10.6. The fourth-order valence-electron chi connectivity index (χ4n) is 3.22. The van der Waals surface area contributed by atoms with E-state index in [2.05, 4.69) is 5.32 Å². The maximum Gasteiger partial charge on any atom is 0.323 e. The van der Waals surface area contributed by atoms with E-state index in [1.165, 1.54) is 0 Å². The van der Waals surface area contributed by atoms with Crippen molar-refractivity contribution in [1.82, 2.24) is 5.32 Å². The van der Waals surface area contributed by atoms with Gasteiger partial charge in [-0.15, -0.1) is 0 Å². The Morgan fingerprint density at radius 1 is 0.833 bits per heavy atom. The normalized spacial score (nSPS) is 24.5. The first-order chi connectivity index (χ1) is 16.5. The van der Waals surface area contributed by atoms with E-state index in [4.69, 9.17) is 34.2 Å². The third-order valence-electron chi connectivity index (χ3n) is 4.41. The molecule has 14 heteroatoms. The number of hydrogen-bond donors (Lipinski definition) is 2. The Bertz CT molecular complexity index is 852. The molecule has 1 fully saturated rings. The van der Waals surface area contributed by atoms with Crippen molar-refractivity contribution < 1.29 is 57.2 Å². The average Bonchev–Trinajstić information content (AvgIpc) is 2.68. The molecule has 204 valence electrons. The van der Waals surface area contributed by atoms with Gasteiger partial charge in [0.15, 0.2) is 24.5 Å². The van der Waals surface area contributed by atoms with Gasteiger partial charge in [-0.1, -0.05) is 0 Å². The van der Waals surface area contributed by atoms with Gasteiger partial charge in [-0.25, -0.2) is 0 Å². The first-order valence-electron chi connectivity index (χ1n) is 11.1. The molecule has 0 aromatic carbocycles. The standard InChI is InChI=1S/C22H34N2O12/c1-10(25)31-9-15-17(32-11(2)26)18(33-12(3)27)19(34-13(4)28)20(35-15)24-16(29)8-14(23)21(30)36-22(5,6)7/h14-15,17-20H,8-9,23H2,1-7H3,(H,24,29)/t14-,15+,17+,18-,19+,20+/m0/s1. The Hall–Kier alpha value is -3.26. The van der Waals surface area contributed by atoms with Crippen molar-refractivity contribution in [2.75, 3.05) is 6.61 Å². The topological polar surface area (TPSA) is 196 Å². The zero-order chi connectivity index (χ0) is 27.8. The van der Waals surface area contributed by atoms with Crippen LogP contribution in [-0.2, 0) is 57.2 Å². The summed E-state index contributed by atoms with van der Waals surface area (Å²) in [6.07, 6.45) is -7.53. The van der Waals surface area contributed by atoms with E-state index in [9.17, 15) is 28.8 Å². The number of carbonyl (C=O) groups is 6. The summed E-state index contributed by atoms with van der Waals surface area (Å²) in [4.78, 5) is 71.6. The van der Waals surface area contributed by atoms with Gasteiger partial charge in [-0.3, -0.25) is 28.8 Å². The predicted molar refractivity (Wildman–Crippen MR) is 119 cm³/mol. The van der Waals surface area contributed by atoms with Crippen LogP contribution < -0.4 is 11.1 Å². The van der Waals surface area contributed by atoms with Crippen molar-refractivity contribution in [2.24, 2.45) is 5.73 Å². The Morgan fingerprint density at radius 2 is 1.33 bits per heavy atom. The fraction of sp³-hybridized carbons (Fsp3) is 0.727. The van der Waals surface area contributed by atoms with Crippen molar-refractivity contribution in [3.05, 3.63) is 0 Å². The summed E-state index contributed by atoms with van der Waals surface area (Å²) >= 11 is 0. The molecule has 14 nitrogen and oxygen atoms in total. The first kappa shape index (κ1) is 30.8. The molecule has 0 spiro atoms. The summed E-state index contributed by atoms with van der Waals surface area (Å²) < 4.78 is 31.6. The van der Waals surface area contributed by atoms with Crippen LogP contribution >= 0.6 is 0 Å². The highest BCUT2D eigenvalue weighted by molar-refractivity contribution is 5.85. The molecule has 1 aliphatic heterocycles. The maximum absolute atomic E-state index is 12.7. The summed E-state index contributed by atoms with van der Waals surface area (Å²) in [6, 6.07) is -1.32. The summed E-state index contributed by atoms with van der Waals surface area (Å²) in [6.45, 7) is 8.79. The predicted octanol–water partition coefficient (Wildman–Crippen LogP) is -0.755. The van der Waals surface area contributed by atoms with Crippen LogP contribution in [0.3, 0.4) is 0 Å². The third-order valence-corrected chi connectivity index (χ3v) is 4.41. The number of ether oxygens (including phenoxy) is 6. The molecule has 0 bridgehead atoms. The summed E-state index contributed by atoms with van der Waals surface area (Å²) in [5.74, 6) is -4.74. The van der Waals surface area contributed by atoms with Gasteiger partial charge in [-0.2, -0.15) is 0 Å². The summed E-state index contributed by atoms with van der Waals surface area (Å²) in [5, 5.41) is 2.42. The zero-order valence-corrected chi connectivity index (χ0v) is 21.4. The van der Waals surface area contributed by atoms with E-state index in [1.54, 1.807) is 20.8 Å². The molecule has 0 aliphatic carbocycles. The molecule has 1 saturated heterocycles. The summed E-state index contributed by atoms with van der Waals surface area (Å²) in [5.41, 5.74) is 4.95. The van der Waals surface area contributed by atoms with Crippen LogP contribution in [0.5, 0.6) is 0 Å². The number of amides is 1. The zero-order valence-electron chi connectivity index (χ0n) is 21.4. The number of nitrogens with one attached hydrogen (secondary N) is 1. The molecule has 0 aromatic heterocycles. The van der Waals surface area contributed by atoms with Gasteiger partial charge in [0.25, 0.3) is 0 Å². The highest BCUT2D eigenvalue weighted by Crippen LogP contribution is 2.28. The molecule has 1 amide bonds. The molecule has 36 heavy (non-hydrogen) atoms. The van der Waals surface area contributed by atoms with Crippen LogP contribution in [0, 0.1) is 0 Å². The molecular weight excluding hydrogens is 484 g/mol. The molecule has 1 heterocycles. The van der Waals surface area contributed by atoms with Gasteiger partial charge in [0.05, 0.1) is 6.42 Å². The second-order valence-corrected chi connectivity index (χ2v) is 9.03. The molecular formula is C22H34N2O12. The number of rotatable bonds is 9. The van der Waals surface area contributed by atoms with E-state index in [-0.39, 0.29) is 0 Å². The van der Waals surface area contributed by atoms with Gasteiger partial charge in [0, 0.05) is 27.7 Å². The number of carbonyl (C=O) groups excluding carboxylic acids is 6. The first-order valence-corrected chi connectivity index (χ1v) is 11.1. The lowest BCUT2D eigenvalue weighted by Crippen LogP contribution is -2.66. The van der Waals surface area contributed by atoms with Gasteiger partial charge >= 0.3 is 29.8 Å². The van der Waals surface area contributed by atoms with Gasteiger partial charge in [0.1, 0.15) is 24.4 Å². The lowest BCUT2D eigenvalue weighted by atomic mass is 9.97. The van der Waals surface area contributed by atoms with Crippen LogP contribution in [0.2, 0.25) is 0 Å². The molecule has 6 atom stereocenters. The van der Waals surface area contributed by atoms with Crippen LogP contribution in [0.1, 0.15) is 54.9 Å². The van der Waals surface area contributed by atoms with Crippen LogP contribution in [-0.4, -0.2) is 84.6 Å². The Labute approximate surface area is 208 Å². The minimum absolute atomic E-state index is 0.457.